The molecule has 1 saturated heterocycles. The number of fused-ring (bicyclic) bond motifs is 1. The minimum Gasteiger partial charge on any atom is -0.456 e. The van der Waals surface area contributed by atoms with E-state index in [2.05, 4.69) is 5.32 Å². The number of nitrogens with one attached hydrogen (secondary N) is 1. The van der Waals surface area contributed by atoms with Crippen LogP contribution < -0.4 is 5.32 Å². The minimum absolute atomic E-state index is 0.136. The highest BCUT2D eigenvalue weighted by molar-refractivity contribution is 6.08. The number of hydrogen-bond acceptors (Lipinski definition) is 6. The van der Waals surface area contributed by atoms with Crippen molar-refractivity contribution in [2.75, 3.05) is 11.9 Å². The first-order valence-electron chi connectivity index (χ1n) is 10.3. The Morgan fingerprint density at radius 3 is 2.17 bits per heavy atom. The van der Waals surface area contributed by atoms with Crippen molar-refractivity contribution in [2.24, 2.45) is 11.8 Å². The average Bonchev–Trinajstić information content (AvgIpc) is 3.02. The number of esters is 1. The maximum Gasteiger partial charge on any atom is 0.329 e. The van der Waals surface area contributed by atoms with Crippen LogP contribution in [0.3, 0.4) is 0 Å². The summed E-state index contributed by atoms with van der Waals surface area (Å²) >= 11 is 0. The van der Waals surface area contributed by atoms with E-state index in [4.69, 9.17) is 4.74 Å². The summed E-state index contributed by atoms with van der Waals surface area (Å²) < 4.78 is 5.09. The maximum absolute atomic E-state index is 12.6. The Bertz CT molecular complexity index is 839. The van der Waals surface area contributed by atoms with E-state index in [0.29, 0.717) is 30.5 Å². The van der Waals surface area contributed by atoms with Crippen molar-refractivity contribution in [2.45, 2.75) is 52.0 Å². The molecule has 8 nitrogen and oxygen atoms in total. The molecule has 2 aliphatic rings. The molecule has 1 N–H and O–H groups in total. The molecule has 0 aromatic heterocycles. The topological polar surface area (TPSA) is 110 Å². The summed E-state index contributed by atoms with van der Waals surface area (Å²) in [7, 11) is 0. The summed E-state index contributed by atoms with van der Waals surface area (Å²) in [4.78, 5) is 62.3. The molecule has 0 bridgehead atoms. The van der Waals surface area contributed by atoms with Gasteiger partial charge in [0.15, 0.2) is 12.4 Å². The normalized spacial score (nSPS) is 21.7. The van der Waals surface area contributed by atoms with Crippen LogP contribution in [-0.4, -0.2) is 47.0 Å². The van der Waals surface area contributed by atoms with Gasteiger partial charge in [-0.3, -0.25) is 24.1 Å². The van der Waals surface area contributed by atoms with E-state index in [1.165, 1.54) is 19.1 Å². The van der Waals surface area contributed by atoms with Crippen LogP contribution in [0, 0.1) is 11.8 Å². The van der Waals surface area contributed by atoms with E-state index < -0.39 is 24.4 Å². The summed E-state index contributed by atoms with van der Waals surface area (Å²) in [5.74, 6) is -2.64. The Hall–Kier alpha value is -3.03. The number of carbonyl (C=O) groups is 5. The monoisotopic (exact) mass is 414 g/mol. The molecule has 2 fully saturated rings. The highest BCUT2D eigenvalue weighted by Gasteiger charge is 2.51. The molecular formula is C22H26N2O6. The second kappa shape index (κ2) is 9.19. The largest absolute Gasteiger partial charge is 0.456 e. The fraction of sp³-hybridized carbons (Fsp3) is 0.500. The summed E-state index contributed by atoms with van der Waals surface area (Å²) in [6.07, 6.45) is 3.49. The van der Waals surface area contributed by atoms with Gasteiger partial charge in [0.25, 0.3) is 0 Å². The number of nitrogens with zero attached hydrogens (tertiary/aromatic N) is 1. The van der Waals surface area contributed by atoms with E-state index >= 15 is 0 Å². The lowest BCUT2D eigenvalue weighted by Gasteiger charge is -2.21. The van der Waals surface area contributed by atoms with Crippen molar-refractivity contribution in [3.63, 3.8) is 0 Å². The van der Waals surface area contributed by atoms with Crippen molar-refractivity contribution in [1.29, 1.82) is 0 Å². The number of likely N-dealkylation sites (tertiary alicyclic amines) is 1. The molecule has 1 aromatic carbocycles. The summed E-state index contributed by atoms with van der Waals surface area (Å²) in [5, 5.41) is 2.68. The minimum atomic E-state index is -1.06. The summed E-state index contributed by atoms with van der Waals surface area (Å²) in [5.41, 5.74) is 0.890. The Kier molecular flexibility index (Phi) is 6.64. The second-order valence-electron chi connectivity index (χ2n) is 7.73. The van der Waals surface area contributed by atoms with Gasteiger partial charge in [-0.15, -0.1) is 0 Å². The van der Waals surface area contributed by atoms with Crippen LogP contribution in [0.25, 0.3) is 0 Å². The first-order chi connectivity index (χ1) is 14.3. The zero-order valence-corrected chi connectivity index (χ0v) is 17.2. The third-order valence-electron chi connectivity index (χ3n) is 5.76. The Morgan fingerprint density at radius 2 is 1.63 bits per heavy atom. The van der Waals surface area contributed by atoms with Gasteiger partial charge in [0.2, 0.25) is 17.7 Å². The number of imide groups is 1. The molecule has 160 valence electrons. The molecule has 1 aliphatic carbocycles. The average molecular weight is 414 g/mol. The van der Waals surface area contributed by atoms with Crippen LogP contribution in [0.15, 0.2) is 24.3 Å². The Labute approximate surface area is 174 Å². The van der Waals surface area contributed by atoms with Crippen molar-refractivity contribution < 1.29 is 28.7 Å². The van der Waals surface area contributed by atoms with Gasteiger partial charge in [-0.1, -0.05) is 19.8 Å². The van der Waals surface area contributed by atoms with E-state index in [1.54, 1.807) is 19.1 Å². The molecule has 3 atom stereocenters. The van der Waals surface area contributed by atoms with E-state index in [9.17, 15) is 24.0 Å². The fourth-order valence-electron chi connectivity index (χ4n) is 4.00. The molecule has 0 radical (unpaired) electrons. The predicted octanol–water partition coefficient (Wildman–Crippen LogP) is 2.32. The van der Waals surface area contributed by atoms with Crippen LogP contribution in [0.2, 0.25) is 0 Å². The molecule has 1 aliphatic heterocycles. The zero-order chi connectivity index (χ0) is 21.8. The maximum atomic E-state index is 12.6. The standard InChI is InChI=1S/C22H26N2O6/c1-3-19(26)23-15-10-8-14(9-11-15)18(25)12-30-22(29)13(2)24-20(27)16-6-4-5-7-17(16)21(24)28/h8-11,13,16-17H,3-7,12H2,1-2H3,(H,23,26)/t13-,16-,17+/m0/s1. The number of rotatable bonds is 7. The molecule has 8 heteroatoms. The molecule has 30 heavy (non-hydrogen) atoms. The van der Waals surface area contributed by atoms with E-state index in [-0.39, 0.29) is 29.6 Å². The van der Waals surface area contributed by atoms with Crippen LogP contribution in [0.4, 0.5) is 5.69 Å². The first-order valence-corrected chi connectivity index (χ1v) is 10.3. The first kappa shape index (κ1) is 21.7. The number of ether oxygens (including phenoxy) is 1. The van der Waals surface area contributed by atoms with Gasteiger partial charge < -0.3 is 10.1 Å². The smallest absolute Gasteiger partial charge is 0.329 e. The third kappa shape index (κ3) is 4.42. The van der Waals surface area contributed by atoms with Gasteiger partial charge in [0.05, 0.1) is 11.8 Å². The molecule has 1 heterocycles. The zero-order valence-electron chi connectivity index (χ0n) is 17.2. The molecule has 3 amide bonds. The molecular weight excluding hydrogens is 388 g/mol. The van der Waals surface area contributed by atoms with Crippen LogP contribution in [0.1, 0.15) is 56.3 Å². The number of benzene rings is 1. The molecule has 1 saturated carbocycles. The number of Topliss-reactive ketones (excluding diaryl/α,β-unsaturated/α-hetero) is 1. The van der Waals surface area contributed by atoms with Crippen molar-refractivity contribution in [3.05, 3.63) is 29.8 Å². The van der Waals surface area contributed by atoms with Crippen LogP contribution in [0.5, 0.6) is 0 Å². The number of amides is 3. The van der Waals surface area contributed by atoms with Crippen molar-refractivity contribution in [3.8, 4) is 0 Å². The number of anilines is 1. The quantitative estimate of drug-likeness (QED) is 0.417. The molecule has 0 spiro atoms. The summed E-state index contributed by atoms with van der Waals surface area (Å²) in [6.45, 7) is 2.69. The van der Waals surface area contributed by atoms with Crippen molar-refractivity contribution in [1.82, 2.24) is 4.90 Å². The summed E-state index contributed by atoms with van der Waals surface area (Å²) in [6, 6.07) is 5.19. The van der Waals surface area contributed by atoms with Gasteiger partial charge in [-0.05, 0) is 44.0 Å². The van der Waals surface area contributed by atoms with E-state index in [0.717, 1.165) is 17.7 Å². The van der Waals surface area contributed by atoms with Crippen LogP contribution in [-0.2, 0) is 23.9 Å². The van der Waals surface area contributed by atoms with Crippen LogP contribution >= 0.6 is 0 Å². The second-order valence-corrected chi connectivity index (χ2v) is 7.73. The molecule has 0 unspecified atom stereocenters. The third-order valence-corrected chi connectivity index (χ3v) is 5.76. The van der Waals surface area contributed by atoms with E-state index in [1.807, 2.05) is 0 Å². The van der Waals surface area contributed by atoms with Crippen molar-refractivity contribution >= 4 is 35.2 Å². The lowest BCUT2D eigenvalue weighted by Crippen LogP contribution is -2.44. The van der Waals surface area contributed by atoms with Gasteiger partial charge in [0.1, 0.15) is 6.04 Å². The van der Waals surface area contributed by atoms with Gasteiger partial charge in [-0.25, -0.2) is 4.79 Å². The molecule has 1 aromatic rings. The fourth-order valence-corrected chi connectivity index (χ4v) is 4.00. The predicted molar refractivity (Wildman–Crippen MR) is 107 cm³/mol. The van der Waals surface area contributed by atoms with Gasteiger partial charge >= 0.3 is 5.97 Å². The highest BCUT2D eigenvalue weighted by Crippen LogP contribution is 2.38. The van der Waals surface area contributed by atoms with Gasteiger partial charge in [0, 0.05) is 17.7 Å². The van der Waals surface area contributed by atoms with Gasteiger partial charge in [-0.2, -0.15) is 0 Å². The highest BCUT2D eigenvalue weighted by atomic mass is 16.5. The lowest BCUT2D eigenvalue weighted by atomic mass is 9.81. The SMILES string of the molecule is CCC(=O)Nc1ccc(C(=O)COC(=O)[C@H](C)N2C(=O)[C@H]3CCCC[C@H]3C2=O)cc1. The Morgan fingerprint density at radius 1 is 1.07 bits per heavy atom. The number of carbonyl (C=O) groups excluding carboxylic acids is 5. The lowest BCUT2D eigenvalue weighted by molar-refractivity contribution is -0.157. The number of hydrogen-bond donors (Lipinski definition) is 1. The molecule has 3 rings (SSSR count). The Balaban J connectivity index is 1.56. The number of ketones is 1.